The molecule has 1 aromatic rings. The van der Waals surface area contributed by atoms with E-state index in [1.165, 1.54) is 4.31 Å². The van der Waals surface area contributed by atoms with E-state index < -0.39 is 22.2 Å². The Hall–Kier alpha value is -1.93. The second-order valence-electron chi connectivity index (χ2n) is 6.89. The first kappa shape index (κ1) is 29.1. The lowest BCUT2D eigenvalue weighted by Gasteiger charge is -2.28. The molecule has 0 aromatic heterocycles. The van der Waals surface area contributed by atoms with Crippen LogP contribution in [0.5, 0.6) is 0 Å². The number of carbonyl (C=O) groups is 2. The standard InChI is InChI=1S/C17H26ClN3O4S.C2HF3O2/c1-25-13-4-9-20(17(22)15-5-2-3-6-16(15)18)12-14-26(23,24)21-10-7-19-8-11-21;3-2(4,5)1(6)7/h2-3,5-6,19H,4,7-14H2,1H3;(H,6,7). The maximum atomic E-state index is 12.8. The largest absolute Gasteiger partial charge is 0.490 e. The number of methoxy groups -OCH3 is 1. The van der Waals surface area contributed by atoms with Crippen molar-refractivity contribution in [2.45, 2.75) is 12.6 Å². The lowest BCUT2D eigenvalue weighted by molar-refractivity contribution is -0.192. The lowest BCUT2D eigenvalue weighted by atomic mass is 10.2. The van der Waals surface area contributed by atoms with Gasteiger partial charge >= 0.3 is 12.1 Å². The summed E-state index contributed by atoms with van der Waals surface area (Å²) in [5.74, 6) is -3.12. The SMILES string of the molecule is COCCCN(CCS(=O)(=O)N1CCNCC1)C(=O)c1ccccc1Cl.O=C(O)C(F)(F)F. The van der Waals surface area contributed by atoms with Gasteiger partial charge in [-0.25, -0.2) is 13.2 Å². The Bertz CT molecular complexity index is 880. The summed E-state index contributed by atoms with van der Waals surface area (Å²) in [6.45, 7) is 3.26. The molecule has 14 heteroatoms. The Kier molecular flexibility index (Phi) is 12.1. The number of sulfonamides is 1. The minimum Gasteiger partial charge on any atom is -0.475 e. The number of hydrogen-bond donors (Lipinski definition) is 2. The van der Waals surface area contributed by atoms with Gasteiger partial charge in [-0.05, 0) is 18.6 Å². The molecule has 1 aromatic carbocycles. The third-order valence-corrected chi connectivity index (χ3v) is 6.68. The van der Waals surface area contributed by atoms with Crippen molar-refractivity contribution in [3.63, 3.8) is 0 Å². The van der Waals surface area contributed by atoms with E-state index in [2.05, 4.69) is 5.32 Å². The van der Waals surface area contributed by atoms with Crippen LogP contribution in [0, 0.1) is 0 Å². The van der Waals surface area contributed by atoms with E-state index in [4.69, 9.17) is 26.2 Å². The summed E-state index contributed by atoms with van der Waals surface area (Å²) in [5, 5.41) is 10.6. The molecule has 33 heavy (non-hydrogen) atoms. The van der Waals surface area contributed by atoms with Gasteiger partial charge in [-0.3, -0.25) is 4.79 Å². The molecule has 188 valence electrons. The van der Waals surface area contributed by atoms with Crippen molar-refractivity contribution in [2.75, 3.05) is 58.7 Å². The molecular weight excluding hydrogens is 491 g/mol. The number of piperazine rings is 1. The highest BCUT2D eigenvalue weighted by Gasteiger charge is 2.38. The Morgan fingerprint density at radius 2 is 1.79 bits per heavy atom. The molecule has 1 saturated heterocycles. The zero-order valence-corrected chi connectivity index (χ0v) is 19.5. The predicted molar refractivity (Wildman–Crippen MR) is 116 cm³/mol. The Morgan fingerprint density at radius 3 is 2.30 bits per heavy atom. The smallest absolute Gasteiger partial charge is 0.475 e. The van der Waals surface area contributed by atoms with Gasteiger partial charge in [-0.1, -0.05) is 23.7 Å². The summed E-state index contributed by atoms with van der Waals surface area (Å²) in [5.41, 5.74) is 0.381. The summed E-state index contributed by atoms with van der Waals surface area (Å²) in [6, 6.07) is 6.80. The maximum absolute atomic E-state index is 12.8. The van der Waals surface area contributed by atoms with E-state index in [9.17, 15) is 26.4 Å². The molecule has 0 unspecified atom stereocenters. The fourth-order valence-electron chi connectivity index (χ4n) is 2.80. The summed E-state index contributed by atoms with van der Waals surface area (Å²) >= 11 is 6.13. The monoisotopic (exact) mass is 517 g/mol. The van der Waals surface area contributed by atoms with Gasteiger partial charge in [0, 0.05) is 53.0 Å². The second-order valence-corrected chi connectivity index (χ2v) is 9.38. The van der Waals surface area contributed by atoms with Gasteiger partial charge in [-0.15, -0.1) is 0 Å². The van der Waals surface area contributed by atoms with E-state index >= 15 is 0 Å². The number of ether oxygens (including phenoxy) is 1. The number of aliphatic carboxylic acids is 1. The molecule has 9 nitrogen and oxygen atoms in total. The average Bonchev–Trinajstić information content (AvgIpc) is 2.76. The highest BCUT2D eigenvalue weighted by atomic mass is 35.5. The topological polar surface area (TPSA) is 116 Å². The van der Waals surface area contributed by atoms with E-state index in [-0.39, 0.29) is 18.2 Å². The van der Waals surface area contributed by atoms with Crippen molar-refractivity contribution in [1.82, 2.24) is 14.5 Å². The van der Waals surface area contributed by atoms with E-state index in [0.29, 0.717) is 56.3 Å². The van der Waals surface area contributed by atoms with Crippen LogP contribution in [0.15, 0.2) is 24.3 Å². The van der Waals surface area contributed by atoms with Gasteiger partial charge in [0.2, 0.25) is 10.0 Å². The molecule has 1 aliphatic rings. The fraction of sp³-hybridized carbons (Fsp3) is 0.579. The van der Waals surface area contributed by atoms with Gasteiger partial charge < -0.3 is 20.1 Å². The second kappa shape index (κ2) is 13.7. The van der Waals surface area contributed by atoms with Crippen LogP contribution in [0.3, 0.4) is 0 Å². The molecule has 0 radical (unpaired) electrons. The van der Waals surface area contributed by atoms with Crippen molar-refractivity contribution in [2.24, 2.45) is 0 Å². The summed E-state index contributed by atoms with van der Waals surface area (Å²) in [7, 11) is -1.81. The Labute approximate surface area is 195 Å². The number of alkyl halides is 3. The third kappa shape index (κ3) is 10.3. The lowest BCUT2D eigenvalue weighted by Crippen LogP contribution is -2.48. The molecule has 1 heterocycles. The number of hydrogen-bond acceptors (Lipinski definition) is 6. The van der Waals surface area contributed by atoms with Crippen LogP contribution in [0.2, 0.25) is 5.02 Å². The van der Waals surface area contributed by atoms with Crippen LogP contribution in [0.4, 0.5) is 13.2 Å². The molecule has 0 aliphatic carbocycles. The normalized spacial score (nSPS) is 14.8. The molecule has 2 rings (SSSR count). The number of rotatable bonds is 9. The van der Waals surface area contributed by atoms with Crippen LogP contribution in [-0.2, 0) is 19.6 Å². The Morgan fingerprint density at radius 1 is 1.21 bits per heavy atom. The van der Waals surface area contributed by atoms with Crippen molar-refractivity contribution in [1.29, 1.82) is 0 Å². The van der Waals surface area contributed by atoms with Crippen LogP contribution in [-0.4, -0.2) is 99.5 Å². The van der Waals surface area contributed by atoms with Crippen LogP contribution in [0.1, 0.15) is 16.8 Å². The number of amides is 1. The molecule has 0 saturated carbocycles. The van der Waals surface area contributed by atoms with Gasteiger partial charge in [-0.2, -0.15) is 17.5 Å². The Balaban J connectivity index is 0.000000675. The van der Waals surface area contributed by atoms with E-state index in [0.717, 1.165) is 0 Å². The number of carboxylic acid groups (broad SMARTS) is 1. The molecule has 1 fully saturated rings. The van der Waals surface area contributed by atoms with Crippen molar-refractivity contribution in [3.8, 4) is 0 Å². The van der Waals surface area contributed by atoms with Gasteiger partial charge in [0.15, 0.2) is 0 Å². The number of nitrogens with zero attached hydrogens (tertiary/aromatic N) is 2. The first-order chi connectivity index (χ1) is 15.4. The van der Waals surface area contributed by atoms with Gasteiger partial charge in [0.05, 0.1) is 16.3 Å². The van der Waals surface area contributed by atoms with E-state index in [1.807, 2.05) is 0 Å². The molecule has 2 N–H and O–H groups in total. The quantitative estimate of drug-likeness (QED) is 0.479. The van der Waals surface area contributed by atoms with E-state index in [1.54, 1.807) is 36.3 Å². The maximum Gasteiger partial charge on any atom is 0.490 e. The van der Waals surface area contributed by atoms with Crippen molar-refractivity contribution in [3.05, 3.63) is 34.9 Å². The van der Waals surface area contributed by atoms with Gasteiger partial charge in [0.1, 0.15) is 0 Å². The molecular formula is C19H27ClF3N3O6S. The minimum atomic E-state index is -5.08. The molecule has 0 bridgehead atoms. The van der Waals surface area contributed by atoms with Crippen LogP contribution < -0.4 is 5.32 Å². The number of carboxylic acids is 1. The van der Waals surface area contributed by atoms with Gasteiger partial charge in [0.25, 0.3) is 5.91 Å². The number of carbonyl (C=O) groups excluding carboxylic acids is 1. The number of nitrogens with one attached hydrogen (secondary N) is 1. The zero-order valence-electron chi connectivity index (χ0n) is 18.0. The van der Waals surface area contributed by atoms with Crippen molar-refractivity contribution < 1.29 is 41.0 Å². The fourth-order valence-corrected chi connectivity index (χ4v) is 4.46. The summed E-state index contributed by atoms with van der Waals surface area (Å²) in [6.07, 6.45) is -4.46. The number of halogens is 4. The first-order valence-electron chi connectivity index (χ1n) is 9.91. The zero-order chi connectivity index (χ0) is 25.1. The first-order valence-corrected chi connectivity index (χ1v) is 11.9. The summed E-state index contributed by atoms with van der Waals surface area (Å²) < 4.78 is 63.4. The predicted octanol–water partition coefficient (Wildman–Crippen LogP) is 1.69. The highest BCUT2D eigenvalue weighted by molar-refractivity contribution is 7.89. The highest BCUT2D eigenvalue weighted by Crippen LogP contribution is 2.18. The van der Waals surface area contributed by atoms with Crippen molar-refractivity contribution >= 4 is 33.5 Å². The van der Waals surface area contributed by atoms with Crippen LogP contribution in [0.25, 0.3) is 0 Å². The van der Waals surface area contributed by atoms with Crippen LogP contribution >= 0.6 is 11.6 Å². The summed E-state index contributed by atoms with van der Waals surface area (Å²) in [4.78, 5) is 23.3. The molecule has 1 aliphatic heterocycles. The molecule has 0 atom stereocenters. The number of benzene rings is 1. The average molecular weight is 518 g/mol. The third-order valence-electron chi connectivity index (χ3n) is 4.50. The molecule has 1 amide bonds. The minimum absolute atomic E-state index is 0.101. The molecule has 0 spiro atoms.